The van der Waals surface area contributed by atoms with Crippen molar-refractivity contribution in [3.63, 3.8) is 0 Å². The summed E-state index contributed by atoms with van der Waals surface area (Å²) in [5, 5.41) is 0. The Morgan fingerprint density at radius 1 is 1.45 bits per heavy atom. The first-order valence-electron chi connectivity index (χ1n) is 6.48. The predicted molar refractivity (Wildman–Crippen MR) is 72.5 cm³/mol. The number of halogens is 3. The van der Waals surface area contributed by atoms with Gasteiger partial charge in [-0.3, -0.25) is 4.79 Å². The first kappa shape index (κ1) is 16.3. The van der Waals surface area contributed by atoms with Crippen molar-refractivity contribution in [2.45, 2.75) is 12.3 Å². The van der Waals surface area contributed by atoms with E-state index >= 15 is 0 Å². The molecule has 0 aromatic carbocycles. The van der Waals surface area contributed by atoms with Crippen molar-refractivity contribution < 1.29 is 22.7 Å². The maximum absolute atomic E-state index is 13.0. The third kappa shape index (κ3) is 3.56. The molecule has 1 aromatic heterocycles. The number of rotatable bonds is 3. The molecule has 1 unspecified atom stereocenters. The van der Waals surface area contributed by atoms with E-state index in [4.69, 9.17) is 10.5 Å². The van der Waals surface area contributed by atoms with E-state index < -0.39 is 23.9 Å². The third-order valence-electron chi connectivity index (χ3n) is 3.12. The van der Waals surface area contributed by atoms with Gasteiger partial charge in [0.25, 0.3) is 0 Å². The minimum Gasteiger partial charge on any atom is -0.367 e. The lowest BCUT2D eigenvalue weighted by Gasteiger charge is -2.32. The molecule has 22 heavy (non-hydrogen) atoms. The van der Waals surface area contributed by atoms with Gasteiger partial charge in [0, 0.05) is 26.7 Å². The van der Waals surface area contributed by atoms with Crippen molar-refractivity contribution in [3.8, 4) is 0 Å². The molecule has 1 aliphatic heterocycles. The van der Waals surface area contributed by atoms with Crippen LogP contribution in [-0.2, 0) is 15.7 Å². The van der Waals surface area contributed by atoms with Crippen LogP contribution in [0.3, 0.4) is 0 Å². The molecular weight excluding hydrogens is 303 g/mol. The molecule has 0 bridgehead atoms. The third-order valence-corrected chi connectivity index (χ3v) is 3.12. The summed E-state index contributed by atoms with van der Waals surface area (Å²) in [6, 6.07) is 0.871. The number of morpholine rings is 1. The monoisotopic (exact) mass is 319 g/mol. The van der Waals surface area contributed by atoms with Crippen LogP contribution >= 0.6 is 0 Å². The molecule has 2 rings (SSSR count). The highest BCUT2D eigenvalue weighted by Gasteiger charge is 2.35. The standard InChI is InChI=1S/C12H16F3N5O2/c1-19(2)9-5-8(12(13,14)15)17-11(18-9)20-3-4-22-7(6-20)10(16)21/h5,7H,3-4,6H2,1-2H3,(H2,16,21). The van der Waals surface area contributed by atoms with E-state index in [0.29, 0.717) is 0 Å². The summed E-state index contributed by atoms with van der Waals surface area (Å²) in [4.78, 5) is 21.7. The number of carbonyl (C=O) groups is 1. The van der Waals surface area contributed by atoms with E-state index in [-0.39, 0.29) is 31.5 Å². The number of hydrogen-bond acceptors (Lipinski definition) is 6. The second-order valence-electron chi connectivity index (χ2n) is 5.01. The minimum absolute atomic E-state index is 0.0174. The highest BCUT2D eigenvalue weighted by molar-refractivity contribution is 5.79. The van der Waals surface area contributed by atoms with Crippen molar-refractivity contribution in [2.75, 3.05) is 43.6 Å². The molecule has 1 aliphatic rings. The van der Waals surface area contributed by atoms with Crippen LogP contribution in [0.1, 0.15) is 5.69 Å². The summed E-state index contributed by atoms with van der Waals surface area (Å²) in [5.74, 6) is -0.656. The number of alkyl halides is 3. The van der Waals surface area contributed by atoms with Crippen molar-refractivity contribution >= 4 is 17.7 Å². The normalized spacial score (nSPS) is 19.1. The first-order chi connectivity index (χ1) is 10.2. The van der Waals surface area contributed by atoms with Gasteiger partial charge in [-0.05, 0) is 0 Å². The van der Waals surface area contributed by atoms with Gasteiger partial charge in [0.15, 0.2) is 11.8 Å². The van der Waals surface area contributed by atoms with Crippen molar-refractivity contribution in [1.82, 2.24) is 9.97 Å². The molecule has 1 atom stereocenters. The van der Waals surface area contributed by atoms with Crippen LogP contribution in [0.4, 0.5) is 24.9 Å². The quantitative estimate of drug-likeness (QED) is 0.860. The number of amides is 1. The van der Waals surface area contributed by atoms with Crippen molar-refractivity contribution in [3.05, 3.63) is 11.8 Å². The second-order valence-corrected chi connectivity index (χ2v) is 5.01. The van der Waals surface area contributed by atoms with Crippen molar-refractivity contribution in [1.29, 1.82) is 0 Å². The van der Waals surface area contributed by atoms with Gasteiger partial charge in [0.1, 0.15) is 5.82 Å². The fourth-order valence-electron chi connectivity index (χ4n) is 1.94. The lowest BCUT2D eigenvalue weighted by Crippen LogP contribution is -2.49. The van der Waals surface area contributed by atoms with Gasteiger partial charge >= 0.3 is 6.18 Å². The van der Waals surface area contributed by atoms with E-state index in [1.54, 1.807) is 14.1 Å². The van der Waals surface area contributed by atoms with Crippen molar-refractivity contribution in [2.24, 2.45) is 5.73 Å². The summed E-state index contributed by atoms with van der Waals surface area (Å²) in [7, 11) is 3.16. The highest BCUT2D eigenvalue weighted by atomic mass is 19.4. The minimum atomic E-state index is -4.59. The fraction of sp³-hybridized carbons (Fsp3) is 0.583. The molecule has 0 radical (unpaired) electrons. The lowest BCUT2D eigenvalue weighted by molar-refractivity contribution is -0.141. The number of nitrogens with two attached hydrogens (primary N) is 1. The SMILES string of the molecule is CN(C)c1cc(C(F)(F)F)nc(N2CCOC(C(N)=O)C2)n1. The molecule has 2 heterocycles. The largest absolute Gasteiger partial charge is 0.433 e. The van der Waals surface area contributed by atoms with Crippen LogP contribution in [0.15, 0.2) is 6.07 Å². The van der Waals surface area contributed by atoms with E-state index in [2.05, 4.69) is 9.97 Å². The van der Waals surface area contributed by atoms with E-state index in [9.17, 15) is 18.0 Å². The summed E-state index contributed by atoms with van der Waals surface area (Å²) in [5.41, 5.74) is 4.13. The summed E-state index contributed by atoms with van der Waals surface area (Å²) < 4.78 is 44.0. The number of primary amides is 1. The van der Waals surface area contributed by atoms with Crippen LogP contribution in [0, 0.1) is 0 Å². The maximum Gasteiger partial charge on any atom is 0.433 e. The number of ether oxygens (including phenoxy) is 1. The topological polar surface area (TPSA) is 84.6 Å². The zero-order valence-corrected chi connectivity index (χ0v) is 12.1. The second kappa shape index (κ2) is 5.95. The Bertz CT molecular complexity index is 564. The van der Waals surface area contributed by atoms with Crippen LogP contribution in [0.2, 0.25) is 0 Å². The maximum atomic E-state index is 13.0. The average molecular weight is 319 g/mol. The lowest BCUT2D eigenvalue weighted by atomic mass is 10.2. The molecule has 2 N–H and O–H groups in total. The Balaban J connectivity index is 2.37. The van der Waals surface area contributed by atoms with Crippen LogP contribution < -0.4 is 15.5 Å². The van der Waals surface area contributed by atoms with Gasteiger partial charge in [-0.1, -0.05) is 0 Å². The smallest absolute Gasteiger partial charge is 0.367 e. The Morgan fingerprint density at radius 3 is 2.68 bits per heavy atom. The van der Waals surface area contributed by atoms with Gasteiger partial charge in [0.05, 0.1) is 13.2 Å². The molecule has 0 aliphatic carbocycles. The van der Waals surface area contributed by atoms with Gasteiger partial charge in [-0.2, -0.15) is 18.2 Å². The molecule has 1 fully saturated rings. The average Bonchev–Trinajstić information content (AvgIpc) is 2.46. The van der Waals surface area contributed by atoms with Gasteiger partial charge in [0.2, 0.25) is 11.9 Å². The number of nitrogens with zero attached hydrogens (tertiary/aromatic N) is 4. The Kier molecular flexibility index (Phi) is 4.40. The van der Waals surface area contributed by atoms with E-state index in [0.717, 1.165) is 6.07 Å². The summed E-state index contributed by atoms with van der Waals surface area (Å²) in [6.07, 6.45) is -5.48. The first-order valence-corrected chi connectivity index (χ1v) is 6.48. The Morgan fingerprint density at radius 2 is 2.14 bits per heavy atom. The fourth-order valence-corrected chi connectivity index (χ4v) is 1.94. The van der Waals surface area contributed by atoms with Gasteiger partial charge in [-0.15, -0.1) is 0 Å². The number of carbonyl (C=O) groups excluding carboxylic acids is 1. The van der Waals surface area contributed by atoms with Crippen LogP contribution in [0.25, 0.3) is 0 Å². The Labute approximate surface area is 124 Å². The number of aromatic nitrogens is 2. The Hall–Kier alpha value is -2.10. The summed E-state index contributed by atoms with van der Waals surface area (Å²) >= 11 is 0. The van der Waals surface area contributed by atoms with E-state index in [1.807, 2.05) is 0 Å². The molecule has 1 aromatic rings. The highest BCUT2D eigenvalue weighted by Crippen LogP contribution is 2.31. The number of hydrogen-bond donors (Lipinski definition) is 1. The molecule has 1 saturated heterocycles. The van der Waals surface area contributed by atoms with Gasteiger partial charge in [-0.25, -0.2) is 4.98 Å². The van der Waals surface area contributed by atoms with Gasteiger partial charge < -0.3 is 20.3 Å². The summed E-state index contributed by atoms with van der Waals surface area (Å²) in [6.45, 7) is 0.450. The van der Waals surface area contributed by atoms with E-state index in [1.165, 1.54) is 9.80 Å². The molecule has 0 spiro atoms. The molecular formula is C12H16F3N5O2. The zero-order valence-electron chi connectivity index (χ0n) is 12.1. The predicted octanol–water partition coefficient (Wildman–Crippen LogP) is 0.252. The number of anilines is 2. The zero-order chi connectivity index (χ0) is 16.5. The van der Waals surface area contributed by atoms with Crippen LogP contribution in [-0.4, -0.2) is 55.8 Å². The molecule has 122 valence electrons. The van der Waals surface area contributed by atoms with Crippen LogP contribution in [0.5, 0.6) is 0 Å². The molecule has 10 heteroatoms. The molecule has 1 amide bonds. The molecule has 0 saturated carbocycles. The molecule has 7 nitrogen and oxygen atoms in total.